The predicted octanol–water partition coefficient (Wildman–Crippen LogP) is 2.90. The van der Waals surface area contributed by atoms with Gasteiger partial charge in [-0.05, 0) is 17.5 Å². The molecule has 9 heteroatoms. The van der Waals surface area contributed by atoms with Crippen molar-refractivity contribution in [1.29, 1.82) is 0 Å². The van der Waals surface area contributed by atoms with Gasteiger partial charge in [-0.1, -0.05) is 29.4 Å². The number of hydrogen-bond donors (Lipinski definition) is 0. The van der Waals surface area contributed by atoms with Crippen LogP contribution in [0.4, 0.5) is 4.39 Å². The summed E-state index contributed by atoms with van der Waals surface area (Å²) in [5.74, 6) is -0.382. The van der Waals surface area contributed by atoms with Crippen LogP contribution >= 0.6 is 11.3 Å². The van der Waals surface area contributed by atoms with E-state index in [9.17, 15) is 12.8 Å². The van der Waals surface area contributed by atoms with Crippen LogP contribution < -0.4 is 0 Å². The monoisotopic (exact) mass is 367 g/mol. The van der Waals surface area contributed by atoms with Gasteiger partial charge in [-0.3, -0.25) is 0 Å². The highest BCUT2D eigenvalue weighted by molar-refractivity contribution is 7.88. The zero-order chi connectivity index (χ0) is 17.2. The first-order valence-electron chi connectivity index (χ1n) is 6.99. The van der Waals surface area contributed by atoms with Gasteiger partial charge in [-0.25, -0.2) is 12.8 Å². The third-order valence-electron chi connectivity index (χ3n) is 3.34. The van der Waals surface area contributed by atoms with E-state index >= 15 is 0 Å². The van der Waals surface area contributed by atoms with Crippen molar-refractivity contribution < 1.29 is 17.3 Å². The molecule has 3 aromatic rings. The number of halogens is 1. The molecule has 126 valence electrons. The standard InChI is InChI=1S/C15H14FN3O3S2/c1-19(24(20,21)10-11-5-2-3-6-12(11)16)9-14-17-15(18-22-14)13-7-4-8-23-13/h2-8H,9-10H2,1H3. The topological polar surface area (TPSA) is 76.3 Å². The Kier molecular flexibility index (Phi) is 4.74. The van der Waals surface area contributed by atoms with Gasteiger partial charge in [0.05, 0.1) is 17.2 Å². The molecule has 0 saturated carbocycles. The van der Waals surface area contributed by atoms with Crippen molar-refractivity contribution in [2.24, 2.45) is 0 Å². The summed E-state index contributed by atoms with van der Waals surface area (Å²) in [5, 5.41) is 5.72. The van der Waals surface area contributed by atoms with E-state index in [1.54, 1.807) is 6.07 Å². The van der Waals surface area contributed by atoms with Crippen molar-refractivity contribution >= 4 is 21.4 Å². The minimum atomic E-state index is -3.71. The number of hydrogen-bond acceptors (Lipinski definition) is 6. The molecule has 2 aromatic heterocycles. The lowest BCUT2D eigenvalue weighted by Gasteiger charge is -2.15. The van der Waals surface area contributed by atoms with E-state index in [-0.39, 0.29) is 18.0 Å². The van der Waals surface area contributed by atoms with Crippen molar-refractivity contribution in [1.82, 2.24) is 14.4 Å². The quantitative estimate of drug-likeness (QED) is 0.670. The molecule has 2 heterocycles. The van der Waals surface area contributed by atoms with Crippen molar-refractivity contribution in [3.63, 3.8) is 0 Å². The third-order valence-corrected chi connectivity index (χ3v) is 5.96. The van der Waals surface area contributed by atoms with E-state index in [0.717, 1.165) is 9.18 Å². The summed E-state index contributed by atoms with van der Waals surface area (Å²) in [6.07, 6.45) is 0. The summed E-state index contributed by atoms with van der Waals surface area (Å²) in [7, 11) is -2.32. The molecule has 0 N–H and O–H groups in total. The molecular weight excluding hydrogens is 353 g/mol. The minimum Gasteiger partial charge on any atom is -0.337 e. The summed E-state index contributed by atoms with van der Waals surface area (Å²) in [4.78, 5) is 5.02. The molecule has 0 amide bonds. The lowest BCUT2D eigenvalue weighted by Crippen LogP contribution is -2.28. The van der Waals surface area contributed by atoms with Crippen molar-refractivity contribution in [2.75, 3.05) is 7.05 Å². The highest BCUT2D eigenvalue weighted by Gasteiger charge is 2.23. The molecule has 0 aliphatic rings. The molecule has 0 fully saturated rings. The zero-order valence-corrected chi connectivity index (χ0v) is 14.3. The molecule has 0 spiro atoms. The molecular formula is C15H14FN3O3S2. The molecule has 0 atom stereocenters. The molecule has 0 radical (unpaired) electrons. The molecule has 0 saturated heterocycles. The molecule has 3 rings (SSSR count). The number of aromatic nitrogens is 2. The normalized spacial score (nSPS) is 12.0. The Labute approximate surface area is 142 Å². The largest absolute Gasteiger partial charge is 0.337 e. The fourth-order valence-corrected chi connectivity index (χ4v) is 3.84. The van der Waals surface area contributed by atoms with Gasteiger partial charge in [0.2, 0.25) is 21.7 Å². The average Bonchev–Trinajstić information content (AvgIpc) is 3.20. The number of sulfonamides is 1. The number of benzene rings is 1. The lowest BCUT2D eigenvalue weighted by atomic mass is 10.2. The smallest absolute Gasteiger partial charge is 0.242 e. The maximum absolute atomic E-state index is 13.6. The minimum absolute atomic E-state index is 0.0742. The number of rotatable bonds is 6. The average molecular weight is 367 g/mol. The van der Waals surface area contributed by atoms with E-state index < -0.39 is 21.6 Å². The Balaban J connectivity index is 1.72. The number of nitrogens with zero attached hydrogens (tertiary/aromatic N) is 3. The highest BCUT2D eigenvalue weighted by atomic mass is 32.2. The summed E-state index contributed by atoms with van der Waals surface area (Å²) >= 11 is 1.46. The fraction of sp³-hybridized carbons (Fsp3) is 0.200. The van der Waals surface area contributed by atoms with Gasteiger partial charge in [0.15, 0.2) is 0 Å². The molecule has 6 nitrogen and oxygen atoms in total. The van der Waals surface area contributed by atoms with Crippen LogP contribution in [0.25, 0.3) is 10.7 Å². The van der Waals surface area contributed by atoms with Crippen LogP contribution in [0.5, 0.6) is 0 Å². The van der Waals surface area contributed by atoms with Gasteiger partial charge in [0.1, 0.15) is 5.82 Å². The molecule has 1 aromatic carbocycles. The maximum Gasteiger partial charge on any atom is 0.242 e. The molecule has 0 bridgehead atoms. The van der Waals surface area contributed by atoms with Gasteiger partial charge in [-0.2, -0.15) is 9.29 Å². The van der Waals surface area contributed by atoms with Crippen LogP contribution in [0, 0.1) is 5.82 Å². The summed E-state index contributed by atoms with van der Waals surface area (Å²) in [6.45, 7) is -0.0742. The van der Waals surface area contributed by atoms with Crippen molar-refractivity contribution in [3.8, 4) is 10.7 Å². The van der Waals surface area contributed by atoms with Gasteiger partial charge in [0, 0.05) is 12.6 Å². The Morgan fingerprint density at radius 2 is 2.04 bits per heavy atom. The summed E-state index contributed by atoms with van der Waals surface area (Å²) in [5.41, 5.74) is 0.120. The van der Waals surface area contributed by atoms with Gasteiger partial charge >= 0.3 is 0 Å². The summed E-state index contributed by atoms with van der Waals surface area (Å²) in [6, 6.07) is 9.50. The lowest BCUT2D eigenvalue weighted by molar-refractivity contribution is 0.336. The molecule has 0 unspecified atom stereocenters. The van der Waals surface area contributed by atoms with Crippen LogP contribution in [0.1, 0.15) is 11.5 Å². The highest BCUT2D eigenvalue weighted by Crippen LogP contribution is 2.22. The Bertz CT molecular complexity index is 923. The summed E-state index contributed by atoms with van der Waals surface area (Å²) < 4.78 is 44.5. The van der Waals surface area contributed by atoms with Gasteiger partial charge < -0.3 is 4.52 Å². The fourth-order valence-electron chi connectivity index (χ4n) is 2.04. The second kappa shape index (κ2) is 6.80. The van der Waals surface area contributed by atoms with Gasteiger partial charge in [0.25, 0.3) is 0 Å². The third kappa shape index (κ3) is 3.69. The SMILES string of the molecule is CN(Cc1nc(-c2cccs2)no1)S(=O)(=O)Cc1ccccc1F. The predicted molar refractivity (Wildman–Crippen MR) is 88.1 cm³/mol. The second-order valence-corrected chi connectivity index (χ2v) is 8.12. The van der Waals surface area contributed by atoms with Crippen molar-refractivity contribution in [2.45, 2.75) is 12.3 Å². The van der Waals surface area contributed by atoms with Crippen LogP contribution in [0.15, 0.2) is 46.3 Å². The van der Waals surface area contributed by atoms with E-state index in [1.165, 1.54) is 36.6 Å². The Hall–Kier alpha value is -2.10. The molecule has 24 heavy (non-hydrogen) atoms. The van der Waals surface area contributed by atoms with E-state index in [2.05, 4.69) is 10.1 Å². The van der Waals surface area contributed by atoms with E-state index in [1.807, 2.05) is 17.5 Å². The van der Waals surface area contributed by atoms with Crippen LogP contribution in [0.2, 0.25) is 0 Å². The maximum atomic E-state index is 13.6. The first-order valence-corrected chi connectivity index (χ1v) is 9.48. The first kappa shape index (κ1) is 16.7. The number of thiophene rings is 1. The van der Waals surface area contributed by atoms with Crippen molar-refractivity contribution in [3.05, 3.63) is 59.0 Å². The van der Waals surface area contributed by atoms with Crippen LogP contribution in [0.3, 0.4) is 0 Å². The molecule has 0 aliphatic heterocycles. The second-order valence-electron chi connectivity index (χ2n) is 5.09. The first-order chi connectivity index (χ1) is 11.5. The van der Waals surface area contributed by atoms with E-state index in [0.29, 0.717) is 5.82 Å². The Morgan fingerprint density at radius 3 is 2.75 bits per heavy atom. The zero-order valence-electron chi connectivity index (χ0n) is 12.7. The van der Waals surface area contributed by atoms with Crippen LogP contribution in [-0.2, 0) is 22.3 Å². The van der Waals surface area contributed by atoms with Gasteiger partial charge in [-0.15, -0.1) is 11.3 Å². The molecule has 0 aliphatic carbocycles. The van der Waals surface area contributed by atoms with E-state index in [4.69, 9.17) is 4.52 Å². The Morgan fingerprint density at radius 1 is 1.25 bits per heavy atom. The van der Waals surface area contributed by atoms with Crippen LogP contribution in [-0.4, -0.2) is 29.9 Å².